The molecule has 1 amide bonds. The molecule has 26 heavy (non-hydrogen) atoms. The maximum Gasteiger partial charge on any atom is 0.264 e. The molecule has 128 valence electrons. The molecule has 0 saturated carbocycles. The lowest BCUT2D eigenvalue weighted by Crippen LogP contribution is -2.40. The van der Waals surface area contributed by atoms with Crippen LogP contribution in [0, 0.1) is 0 Å². The van der Waals surface area contributed by atoms with E-state index in [1.54, 1.807) is 0 Å². The van der Waals surface area contributed by atoms with Gasteiger partial charge in [0, 0.05) is 23.1 Å². The standard InChI is InChI=1S/C22H18N2OS/c25-22(19-11-6-14-26-19)24-13-12-17-16-9-4-5-10-18(16)23-20(17)21(24)15-7-2-1-3-8-15/h1-11,14,21,23H,12-13H2. The number of nitrogens with zero attached hydrogens (tertiary/aromatic N) is 1. The number of hydrogen-bond donors (Lipinski definition) is 1. The Morgan fingerprint density at radius 1 is 1.00 bits per heavy atom. The normalized spacial score (nSPS) is 16.6. The van der Waals surface area contributed by atoms with Crippen LogP contribution in [0.15, 0.2) is 72.1 Å². The summed E-state index contributed by atoms with van der Waals surface area (Å²) < 4.78 is 0. The van der Waals surface area contributed by atoms with Crippen molar-refractivity contribution in [1.82, 2.24) is 9.88 Å². The monoisotopic (exact) mass is 358 g/mol. The molecule has 5 rings (SSSR count). The summed E-state index contributed by atoms with van der Waals surface area (Å²) in [5, 5.41) is 3.23. The predicted octanol–water partition coefficient (Wildman–Crippen LogP) is 5.02. The first-order valence-corrected chi connectivity index (χ1v) is 9.70. The van der Waals surface area contributed by atoms with Crippen LogP contribution in [0.3, 0.4) is 0 Å². The number of aromatic nitrogens is 1. The van der Waals surface area contributed by atoms with E-state index in [0.29, 0.717) is 0 Å². The fourth-order valence-electron chi connectivity index (χ4n) is 3.98. The Morgan fingerprint density at radius 3 is 2.62 bits per heavy atom. The molecule has 4 heteroatoms. The maximum absolute atomic E-state index is 13.2. The molecule has 0 radical (unpaired) electrons. The summed E-state index contributed by atoms with van der Waals surface area (Å²) >= 11 is 1.51. The predicted molar refractivity (Wildman–Crippen MR) is 106 cm³/mol. The van der Waals surface area contributed by atoms with E-state index in [4.69, 9.17) is 0 Å². The van der Waals surface area contributed by atoms with Gasteiger partial charge in [0.05, 0.1) is 10.9 Å². The van der Waals surface area contributed by atoms with Gasteiger partial charge >= 0.3 is 0 Å². The van der Waals surface area contributed by atoms with Gasteiger partial charge in [-0.25, -0.2) is 0 Å². The van der Waals surface area contributed by atoms with Crippen molar-refractivity contribution in [2.75, 3.05) is 6.54 Å². The molecule has 2 aromatic carbocycles. The first-order chi connectivity index (χ1) is 12.8. The number of carbonyl (C=O) groups is 1. The lowest BCUT2D eigenvalue weighted by atomic mass is 9.92. The number of amides is 1. The van der Waals surface area contributed by atoms with Gasteiger partial charge in [-0.1, -0.05) is 54.6 Å². The fourth-order valence-corrected chi connectivity index (χ4v) is 4.66. The molecule has 1 atom stereocenters. The molecule has 0 bridgehead atoms. The fraction of sp³-hybridized carbons (Fsp3) is 0.136. The van der Waals surface area contributed by atoms with E-state index >= 15 is 0 Å². The number of thiophene rings is 1. The molecule has 2 aromatic heterocycles. The van der Waals surface area contributed by atoms with Crippen LogP contribution in [0.1, 0.15) is 32.5 Å². The molecule has 1 aliphatic rings. The molecule has 4 aromatic rings. The van der Waals surface area contributed by atoms with Gasteiger partial charge in [0.2, 0.25) is 0 Å². The van der Waals surface area contributed by atoms with Crippen LogP contribution >= 0.6 is 11.3 Å². The van der Waals surface area contributed by atoms with Crippen molar-refractivity contribution < 1.29 is 4.79 Å². The lowest BCUT2D eigenvalue weighted by molar-refractivity contribution is 0.0697. The minimum atomic E-state index is -0.0815. The molecular weight excluding hydrogens is 340 g/mol. The van der Waals surface area contributed by atoms with E-state index in [-0.39, 0.29) is 11.9 Å². The Balaban J connectivity index is 1.69. The molecule has 3 nitrogen and oxygen atoms in total. The lowest BCUT2D eigenvalue weighted by Gasteiger charge is -2.36. The van der Waals surface area contributed by atoms with Crippen molar-refractivity contribution in [3.05, 3.63) is 93.8 Å². The quantitative estimate of drug-likeness (QED) is 0.537. The van der Waals surface area contributed by atoms with Gasteiger partial charge in [0.25, 0.3) is 5.91 Å². The number of rotatable bonds is 2. The van der Waals surface area contributed by atoms with Gasteiger partial charge in [-0.05, 0) is 35.1 Å². The zero-order chi connectivity index (χ0) is 17.5. The van der Waals surface area contributed by atoms with Crippen molar-refractivity contribution in [2.24, 2.45) is 0 Å². The smallest absolute Gasteiger partial charge is 0.264 e. The summed E-state index contributed by atoms with van der Waals surface area (Å²) in [5.74, 6) is 0.109. The molecule has 3 heterocycles. The van der Waals surface area contributed by atoms with Crippen LogP contribution < -0.4 is 0 Å². The molecule has 1 N–H and O–H groups in total. The molecule has 0 aliphatic carbocycles. The number of para-hydroxylation sites is 1. The van der Waals surface area contributed by atoms with E-state index < -0.39 is 0 Å². The second-order valence-electron chi connectivity index (χ2n) is 6.60. The molecule has 0 saturated heterocycles. The SMILES string of the molecule is O=C(c1cccs1)N1CCc2c([nH]c3ccccc23)C1c1ccccc1. The summed E-state index contributed by atoms with van der Waals surface area (Å²) in [7, 11) is 0. The van der Waals surface area contributed by atoms with Gasteiger partial charge in [-0.3, -0.25) is 4.79 Å². The zero-order valence-corrected chi connectivity index (χ0v) is 15.0. The third kappa shape index (κ3) is 2.37. The van der Waals surface area contributed by atoms with Gasteiger partial charge < -0.3 is 9.88 Å². The number of carbonyl (C=O) groups excluding carboxylic acids is 1. The highest BCUT2D eigenvalue weighted by Gasteiger charge is 2.35. The minimum Gasteiger partial charge on any atom is -0.356 e. The number of fused-ring (bicyclic) bond motifs is 3. The van der Waals surface area contributed by atoms with Crippen molar-refractivity contribution in [3.8, 4) is 0 Å². The second-order valence-corrected chi connectivity index (χ2v) is 7.55. The average molecular weight is 358 g/mol. The van der Waals surface area contributed by atoms with E-state index in [9.17, 15) is 4.79 Å². The number of H-pyrrole nitrogens is 1. The van der Waals surface area contributed by atoms with E-state index in [0.717, 1.165) is 34.6 Å². The summed E-state index contributed by atoms with van der Waals surface area (Å²) in [6.07, 6.45) is 0.875. The summed E-state index contributed by atoms with van der Waals surface area (Å²) in [6.45, 7) is 0.727. The molecule has 1 aliphatic heterocycles. The maximum atomic E-state index is 13.2. The van der Waals surface area contributed by atoms with Crippen molar-refractivity contribution in [1.29, 1.82) is 0 Å². The highest BCUT2D eigenvalue weighted by Crippen LogP contribution is 2.39. The Labute approximate surface area is 155 Å². The Hall–Kier alpha value is -2.85. The first kappa shape index (κ1) is 15.4. The average Bonchev–Trinajstić information content (AvgIpc) is 3.35. The third-order valence-electron chi connectivity index (χ3n) is 5.14. The Morgan fingerprint density at radius 2 is 1.81 bits per heavy atom. The number of aromatic amines is 1. The van der Waals surface area contributed by atoms with Gasteiger partial charge in [-0.15, -0.1) is 11.3 Å². The van der Waals surface area contributed by atoms with Crippen LogP contribution in [0.2, 0.25) is 0 Å². The van der Waals surface area contributed by atoms with Gasteiger partial charge in [0.1, 0.15) is 0 Å². The largest absolute Gasteiger partial charge is 0.356 e. The second kappa shape index (κ2) is 6.15. The van der Waals surface area contributed by atoms with Crippen LogP contribution in [-0.2, 0) is 6.42 Å². The van der Waals surface area contributed by atoms with Crippen LogP contribution in [0.4, 0.5) is 0 Å². The van der Waals surface area contributed by atoms with Crippen molar-refractivity contribution in [2.45, 2.75) is 12.5 Å². The first-order valence-electron chi connectivity index (χ1n) is 8.82. The highest BCUT2D eigenvalue weighted by atomic mass is 32.1. The third-order valence-corrected chi connectivity index (χ3v) is 6.00. The number of hydrogen-bond acceptors (Lipinski definition) is 2. The van der Waals surface area contributed by atoms with Crippen molar-refractivity contribution >= 4 is 28.1 Å². The summed E-state index contributed by atoms with van der Waals surface area (Å²) in [6, 6.07) is 22.5. The topological polar surface area (TPSA) is 36.1 Å². The number of benzene rings is 2. The highest BCUT2D eigenvalue weighted by molar-refractivity contribution is 7.12. The molecular formula is C22H18N2OS. The Bertz CT molecular complexity index is 1070. The summed E-state index contributed by atoms with van der Waals surface area (Å²) in [4.78, 5) is 19.6. The summed E-state index contributed by atoms with van der Waals surface area (Å²) in [5.41, 5.74) is 4.77. The van der Waals surface area contributed by atoms with E-state index in [2.05, 4.69) is 41.4 Å². The van der Waals surface area contributed by atoms with Crippen molar-refractivity contribution in [3.63, 3.8) is 0 Å². The van der Waals surface area contributed by atoms with Crippen LogP contribution in [-0.4, -0.2) is 22.3 Å². The molecule has 0 fully saturated rings. The van der Waals surface area contributed by atoms with Gasteiger partial charge in [-0.2, -0.15) is 0 Å². The molecule has 1 unspecified atom stereocenters. The zero-order valence-electron chi connectivity index (χ0n) is 14.2. The van der Waals surface area contributed by atoms with Gasteiger partial charge in [0.15, 0.2) is 0 Å². The van der Waals surface area contributed by atoms with Crippen LogP contribution in [0.5, 0.6) is 0 Å². The van der Waals surface area contributed by atoms with E-state index in [1.165, 1.54) is 22.3 Å². The minimum absolute atomic E-state index is 0.0815. The molecule has 0 spiro atoms. The Kier molecular flexibility index (Phi) is 3.64. The number of nitrogens with one attached hydrogen (secondary N) is 1. The van der Waals surface area contributed by atoms with E-state index in [1.807, 2.05) is 40.6 Å². The van der Waals surface area contributed by atoms with Crippen LogP contribution in [0.25, 0.3) is 10.9 Å².